The number of amides is 2. The molecule has 2 aromatic rings. The Morgan fingerprint density at radius 2 is 1.55 bits per heavy atom. The second-order valence-corrected chi connectivity index (χ2v) is 10.2. The lowest BCUT2D eigenvalue weighted by Crippen LogP contribution is -2.41. The molecule has 2 aromatic carbocycles. The minimum absolute atomic E-state index is 0.147. The minimum Gasteiger partial charge on any atom is -0.366 e. The number of anilines is 1. The van der Waals surface area contributed by atoms with Crippen molar-refractivity contribution in [2.45, 2.75) is 45.4 Å². The predicted octanol–water partition coefficient (Wildman–Crippen LogP) is 3.06. The molecule has 2 amide bonds. The van der Waals surface area contributed by atoms with Crippen molar-refractivity contribution in [1.82, 2.24) is 4.31 Å². The second kappa shape index (κ2) is 8.80. The van der Waals surface area contributed by atoms with Crippen molar-refractivity contribution >= 4 is 27.5 Å². The first-order chi connectivity index (χ1) is 14.5. The van der Waals surface area contributed by atoms with Crippen molar-refractivity contribution in [2.75, 3.05) is 18.4 Å². The van der Waals surface area contributed by atoms with E-state index in [4.69, 9.17) is 5.73 Å². The SMILES string of the molecule is Cc1cc(C)c(S(=O)(=O)N2CCC(C(=O)Nc3ccc(C(N)=O)c(C)c3)CC2)c(C)c1. The Labute approximate surface area is 183 Å². The number of benzene rings is 2. The Hall–Kier alpha value is -2.71. The number of piperidine rings is 1. The number of hydrogen-bond donors (Lipinski definition) is 2. The molecule has 0 unspecified atom stereocenters. The van der Waals surface area contributed by atoms with E-state index in [0.29, 0.717) is 47.6 Å². The average molecular weight is 444 g/mol. The molecule has 0 aromatic heterocycles. The maximum atomic E-state index is 13.2. The van der Waals surface area contributed by atoms with Crippen LogP contribution in [-0.4, -0.2) is 37.6 Å². The largest absolute Gasteiger partial charge is 0.366 e. The lowest BCUT2D eigenvalue weighted by molar-refractivity contribution is -0.120. The number of carbonyl (C=O) groups is 2. The fraction of sp³-hybridized carbons (Fsp3) is 0.391. The molecule has 166 valence electrons. The van der Waals surface area contributed by atoms with Crippen LogP contribution in [0.5, 0.6) is 0 Å². The fourth-order valence-corrected chi connectivity index (χ4v) is 6.20. The van der Waals surface area contributed by atoms with Crippen molar-refractivity contribution < 1.29 is 18.0 Å². The Bertz CT molecular complexity index is 1110. The third-order valence-electron chi connectivity index (χ3n) is 5.79. The molecule has 31 heavy (non-hydrogen) atoms. The molecule has 1 saturated heterocycles. The molecule has 7 nitrogen and oxygen atoms in total. The van der Waals surface area contributed by atoms with E-state index in [1.54, 1.807) is 25.1 Å². The number of nitrogens with two attached hydrogens (primary N) is 1. The molecule has 0 aliphatic carbocycles. The molecule has 1 fully saturated rings. The third kappa shape index (κ3) is 4.80. The van der Waals surface area contributed by atoms with Crippen molar-refractivity contribution in [3.05, 3.63) is 58.1 Å². The van der Waals surface area contributed by atoms with Crippen LogP contribution in [0.3, 0.4) is 0 Å². The van der Waals surface area contributed by atoms with Gasteiger partial charge in [0.25, 0.3) is 0 Å². The summed E-state index contributed by atoms with van der Waals surface area (Å²) >= 11 is 0. The van der Waals surface area contributed by atoms with Gasteiger partial charge >= 0.3 is 0 Å². The summed E-state index contributed by atoms with van der Waals surface area (Å²) in [5.41, 5.74) is 9.53. The van der Waals surface area contributed by atoms with Crippen LogP contribution in [0.2, 0.25) is 0 Å². The highest BCUT2D eigenvalue weighted by atomic mass is 32.2. The number of sulfonamides is 1. The van der Waals surface area contributed by atoms with Crippen molar-refractivity contribution in [1.29, 1.82) is 0 Å². The lowest BCUT2D eigenvalue weighted by Gasteiger charge is -2.31. The molecular weight excluding hydrogens is 414 g/mol. The quantitative estimate of drug-likeness (QED) is 0.740. The van der Waals surface area contributed by atoms with Gasteiger partial charge in [-0.25, -0.2) is 8.42 Å². The number of nitrogens with one attached hydrogen (secondary N) is 1. The second-order valence-electron chi connectivity index (χ2n) is 8.29. The van der Waals surface area contributed by atoms with Gasteiger partial charge in [0.1, 0.15) is 0 Å². The maximum absolute atomic E-state index is 13.2. The Balaban J connectivity index is 1.67. The molecule has 0 radical (unpaired) electrons. The van der Waals surface area contributed by atoms with Crippen LogP contribution >= 0.6 is 0 Å². The highest BCUT2D eigenvalue weighted by Gasteiger charge is 2.33. The molecular formula is C23H29N3O4S. The molecule has 3 rings (SSSR count). The normalized spacial score (nSPS) is 15.6. The van der Waals surface area contributed by atoms with Gasteiger partial charge in [0, 0.05) is 30.3 Å². The van der Waals surface area contributed by atoms with E-state index in [1.807, 2.05) is 32.9 Å². The molecule has 1 aliphatic rings. The van der Waals surface area contributed by atoms with Crippen molar-refractivity contribution in [3.63, 3.8) is 0 Å². The molecule has 0 bridgehead atoms. The monoisotopic (exact) mass is 443 g/mol. The van der Waals surface area contributed by atoms with Crippen molar-refractivity contribution in [2.24, 2.45) is 11.7 Å². The zero-order chi connectivity index (χ0) is 22.9. The van der Waals surface area contributed by atoms with Gasteiger partial charge in [0.2, 0.25) is 21.8 Å². The Kier molecular flexibility index (Phi) is 6.52. The van der Waals surface area contributed by atoms with E-state index in [-0.39, 0.29) is 11.8 Å². The molecule has 0 spiro atoms. The summed E-state index contributed by atoms with van der Waals surface area (Å²) in [5, 5.41) is 2.87. The number of carbonyl (C=O) groups excluding carboxylic acids is 2. The fourth-order valence-electron chi connectivity index (χ4n) is 4.32. The first-order valence-electron chi connectivity index (χ1n) is 10.3. The van der Waals surface area contributed by atoms with Gasteiger partial charge in [-0.15, -0.1) is 0 Å². The maximum Gasteiger partial charge on any atom is 0.248 e. The summed E-state index contributed by atoms with van der Waals surface area (Å²) in [6.45, 7) is 7.94. The van der Waals surface area contributed by atoms with Gasteiger partial charge in [-0.3, -0.25) is 9.59 Å². The topological polar surface area (TPSA) is 110 Å². The van der Waals surface area contributed by atoms with Crippen LogP contribution in [0.25, 0.3) is 0 Å². The molecule has 0 atom stereocenters. The lowest BCUT2D eigenvalue weighted by atomic mass is 9.97. The summed E-state index contributed by atoms with van der Waals surface area (Å²) in [5.74, 6) is -0.934. The molecule has 8 heteroatoms. The summed E-state index contributed by atoms with van der Waals surface area (Å²) < 4.78 is 27.9. The van der Waals surface area contributed by atoms with Gasteiger partial charge in [0.05, 0.1) is 4.90 Å². The molecule has 1 aliphatic heterocycles. The standard InChI is InChI=1S/C23H29N3O4S/c1-14-11-16(3)21(17(4)12-14)31(29,30)26-9-7-18(8-10-26)23(28)25-19-5-6-20(22(24)27)15(2)13-19/h5-6,11-13,18H,7-10H2,1-4H3,(H2,24,27)(H,25,28). The Morgan fingerprint density at radius 3 is 2.06 bits per heavy atom. The highest BCUT2D eigenvalue weighted by molar-refractivity contribution is 7.89. The van der Waals surface area contributed by atoms with E-state index < -0.39 is 15.9 Å². The van der Waals surface area contributed by atoms with Gasteiger partial charge < -0.3 is 11.1 Å². The number of primary amides is 1. The number of hydrogen-bond acceptors (Lipinski definition) is 4. The van der Waals surface area contributed by atoms with Crippen LogP contribution in [0.15, 0.2) is 35.2 Å². The van der Waals surface area contributed by atoms with Crippen LogP contribution in [0, 0.1) is 33.6 Å². The van der Waals surface area contributed by atoms with Gasteiger partial charge in [-0.2, -0.15) is 4.31 Å². The number of rotatable bonds is 5. The van der Waals surface area contributed by atoms with Gasteiger partial charge in [-0.05, 0) is 75.4 Å². The van der Waals surface area contributed by atoms with Crippen LogP contribution < -0.4 is 11.1 Å². The van der Waals surface area contributed by atoms with E-state index in [1.165, 1.54) is 4.31 Å². The average Bonchev–Trinajstić information content (AvgIpc) is 2.66. The number of aryl methyl sites for hydroxylation is 4. The summed E-state index contributed by atoms with van der Waals surface area (Å²) in [6.07, 6.45) is 0.904. The minimum atomic E-state index is -3.61. The Morgan fingerprint density at radius 1 is 0.968 bits per heavy atom. The zero-order valence-corrected chi connectivity index (χ0v) is 19.2. The summed E-state index contributed by atoms with van der Waals surface area (Å²) in [6, 6.07) is 8.71. The first kappa shape index (κ1) is 23.0. The highest BCUT2D eigenvalue weighted by Crippen LogP contribution is 2.29. The van der Waals surface area contributed by atoms with Crippen molar-refractivity contribution in [3.8, 4) is 0 Å². The third-order valence-corrected chi connectivity index (χ3v) is 7.99. The smallest absolute Gasteiger partial charge is 0.248 e. The van der Waals surface area contributed by atoms with Gasteiger partial charge in [-0.1, -0.05) is 17.7 Å². The van der Waals surface area contributed by atoms with Crippen LogP contribution in [-0.2, 0) is 14.8 Å². The molecule has 3 N–H and O–H groups in total. The summed E-state index contributed by atoms with van der Waals surface area (Å²) in [4.78, 5) is 24.4. The van der Waals surface area contributed by atoms with E-state index >= 15 is 0 Å². The predicted molar refractivity (Wildman–Crippen MR) is 120 cm³/mol. The molecule has 0 saturated carbocycles. The van der Waals surface area contributed by atoms with E-state index in [0.717, 1.165) is 16.7 Å². The number of nitrogens with zero attached hydrogens (tertiary/aromatic N) is 1. The van der Waals surface area contributed by atoms with Crippen LogP contribution in [0.4, 0.5) is 5.69 Å². The molecule has 1 heterocycles. The first-order valence-corrected chi connectivity index (χ1v) is 11.7. The van der Waals surface area contributed by atoms with Crippen LogP contribution in [0.1, 0.15) is 45.5 Å². The van der Waals surface area contributed by atoms with E-state index in [2.05, 4.69) is 5.32 Å². The van der Waals surface area contributed by atoms with E-state index in [9.17, 15) is 18.0 Å². The zero-order valence-electron chi connectivity index (χ0n) is 18.4. The summed E-state index contributed by atoms with van der Waals surface area (Å²) in [7, 11) is -3.61. The van der Waals surface area contributed by atoms with Gasteiger partial charge in [0.15, 0.2) is 0 Å².